The smallest absolute Gasteiger partial charge is 0.311 e. The molecule has 0 radical (unpaired) electrons. The van der Waals surface area contributed by atoms with Crippen LogP contribution in [-0.2, 0) is 4.79 Å². The largest absolute Gasteiger partial charge is 0.507 e. The highest BCUT2D eigenvalue weighted by Crippen LogP contribution is 2.36. The molecule has 0 atom stereocenters. The van der Waals surface area contributed by atoms with Gasteiger partial charge in [-0.2, -0.15) is 0 Å². The van der Waals surface area contributed by atoms with E-state index in [1.165, 1.54) is 6.07 Å². The molecule has 0 saturated heterocycles. The normalized spacial score (nSPS) is 17.2. The highest BCUT2D eigenvalue weighted by molar-refractivity contribution is 5.97. The standard InChI is InChI=1S/C16H21NO4/c1-11-5-6-13(18)12(9-11)14(19)17-10-16(15(20)21)7-3-2-4-8-16/h5-6,9,18H,2-4,7-8,10H2,1H3,(H,17,19)(H,20,21). The first-order valence-corrected chi connectivity index (χ1v) is 7.26. The summed E-state index contributed by atoms with van der Waals surface area (Å²) in [6, 6.07) is 4.78. The summed E-state index contributed by atoms with van der Waals surface area (Å²) in [6.45, 7) is 1.94. The molecule has 1 aliphatic rings. The molecule has 1 amide bonds. The molecule has 0 unspecified atom stereocenters. The van der Waals surface area contributed by atoms with Crippen LogP contribution in [0.4, 0.5) is 0 Å². The summed E-state index contributed by atoms with van der Waals surface area (Å²) in [5, 5.41) is 21.9. The molecule has 0 heterocycles. The molecule has 5 heteroatoms. The molecule has 0 spiro atoms. The summed E-state index contributed by atoms with van der Waals surface area (Å²) in [5.74, 6) is -1.37. The maximum absolute atomic E-state index is 12.2. The molecular formula is C16H21NO4. The second kappa shape index (κ2) is 6.16. The van der Waals surface area contributed by atoms with E-state index in [9.17, 15) is 19.8 Å². The highest BCUT2D eigenvalue weighted by Gasteiger charge is 2.39. The van der Waals surface area contributed by atoms with Gasteiger partial charge in [-0.1, -0.05) is 30.9 Å². The maximum atomic E-state index is 12.2. The third-order valence-corrected chi connectivity index (χ3v) is 4.25. The molecule has 3 N–H and O–H groups in total. The van der Waals surface area contributed by atoms with Crippen molar-refractivity contribution in [2.75, 3.05) is 6.54 Å². The number of aliphatic carboxylic acids is 1. The van der Waals surface area contributed by atoms with Crippen LogP contribution >= 0.6 is 0 Å². The van der Waals surface area contributed by atoms with Gasteiger partial charge in [0.05, 0.1) is 11.0 Å². The number of amides is 1. The Bertz CT molecular complexity index is 547. The molecule has 0 aromatic heterocycles. The SMILES string of the molecule is Cc1ccc(O)c(C(=O)NCC2(C(=O)O)CCCCC2)c1. The van der Waals surface area contributed by atoms with Crippen molar-refractivity contribution in [2.24, 2.45) is 5.41 Å². The van der Waals surface area contributed by atoms with Crippen LogP contribution in [0.15, 0.2) is 18.2 Å². The first-order chi connectivity index (χ1) is 9.94. The van der Waals surface area contributed by atoms with Gasteiger partial charge in [-0.05, 0) is 31.9 Å². The van der Waals surface area contributed by atoms with E-state index in [4.69, 9.17) is 0 Å². The number of carboxylic acids is 1. The molecule has 21 heavy (non-hydrogen) atoms. The average molecular weight is 291 g/mol. The zero-order valence-electron chi connectivity index (χ0n) is 12.2. The first-order valence-electron chi connectivity index (χ1n) is 7.26. The maximum Gasteiger partial charge on any atom is 0.311 e. The topological polar surface area (TPSA) is 86.6 Å². The van der Waals surface area contributed by atoms with Crippen molar-refractivity contribution >= 4 is 11.9 Å². The summed E-state index contributed by atoms with van der Waals surface area (Å²) in [6.07, 6.45) is 3.96. The predicted octanol–water partition coefficient (Wildman–Crippen LogP) is 2.47. The molecular weight excluding hydrogens is 270 g/mol. The van der Waals surface area contributed by atoms with Crippen molar-refractivity contribution in [3.63, 3.8) is 0 Å². The lowest BCUT2D eigenvalue weighted by Crippen LogP contribution is -2.44. The van der Waals surface area contributed by atoms with Gasteiger partial charge in [0.25, 0.3) is 5.91 Å². The monoisotopic (exact) mass is 291 g/mol. The van der Waals surface area contributed by atoms with Crippen molar-refractivity contribution in [3.05, 3.63) is 29.3 Å². The number of nitrogens with one attached hydrogen (secondary N) is 1. The van der Waals surface area contributed by atoms with Crippen LogP contribution in [0.5, 0.6) is 5.75 Å². The lowest BCUT2D eigenvalue weighted by atomic mass is 9.74. The number of hydrogen-bond acceptors (Lipinski definition) is 3. The Labute approximate surface area is 124 Å². The zero-order valence-corrected chi connectivity index (χ0v) is 12.2. The minimum atomic E-state index is -0.868. The van der Waals surface area contributed by atoms with Gasteiger partial charge in [0.2, 0.25) is 0 Å². The van der Waals surface area contributed by atoms with Gasteiger partial charge < -0.3 is 15.5 Å². The van der Waals surface area contributed by atoms with E-state index in [0.29, 0.717) is 12.8 Å². The van der Waals surface area contributed by atoms with Gasteiger partial charge in [-0.3, -0.25) is 9.59 Å². The number of aryl methyl sites for hydroxylation is 1. The minimum Gasteiger partial charge on any atom is -0.507 e. The van der Waals surface area contributed by atoms with Gasteiger partial charge in [0.1, 0.15) is 5.75 Å². The molecule has 1 aromatic carbocycles. The Balaban J connectivity index is 2.08. The summed E-state index contributed by atoms with van der Waals surface area (Å²) < 4.78 is 0. The van der Waals surface area contributed by atoms with E-state index in [0.717, 1.165) is 24.8 Å². The minimum absolute atomic E-state index is 0.0916. The molecule has 2 rings (SSSR count). The van der Waals surface area contributed by atoms with Crippen molar-refractivity contribution < 1.29 is 19.8 Å². The van der Waals surface area contributed by atoms with E-state index in [1.54, 1.807) is 12.1 Å². The van der Waals surface area contributed by atoms with E-state index < -0.39 is 17.3 Å². The lowest BCUT2D eigenvalue weighted by molar-refractivity contribution is -0.150. The molecule has 114 valence electrons. The molecule has 0 bridgehead atoms. The van der Waals surface area contributed by atoms with Gasteiger partial charge in [-0.25, -0.2) is 0 Å². The Morgan fingerprint density at radius 1 is 1.24 bits per heavy atom. The first kappa shape index (κ1) is 15.4. The summed E-state index contributed by atoms with van der Waals surface area (Å²) >= 11 is 0. The Hall–Kier alpha value is -2.04. The Kier molecular flexibility index (Phi) is 4.50. The van der Waals surface area contributed by atoms with Crippen LogP contribution < -0.4 is 5.32 Å². The quantitative estimate of drug-likeness (QED) is 0.795. The number of carbonyl (C=O) groups is 2. The van der Waals surface area contributed by atoms with Crippen LogP contribution in [-0.4, -0.2) is 28.6 Å². The highest BCUT2D eigenvalue weighted by atomic mass is 16.4. The predicted molar refractivity (Wildman–Crippen MR) is 78.3 cm³/mol. The molecule has 1 aliphatic carbocycles. The van der Waals surface area contributed by atoms with E-state index in [-0.39, 0.29) is 17.9 Å². The Morgan fingerprint density at radius 3 is 2.52 bits per heavy atom. The van der Waals surface area contributed by atoms with Crippen LogP contribution in [0.25, 0.3) is 0 Å². The molecule has 1 saturated carbocycles. The molecule has 1 aromatic rings. The van der Waals surface area contributed by atoms with E-state index in [1.807, 2.05) is 6.92 Å². The molecule has 0 aliphatic heterocycles. The third-order valence-electron chi connectivity index (χ3n) is 4.25. The number of benzene rings is 1. The van der Waals surface area contributed by atoms with Gasteiger partial charge in [0, 0.05) is 6.54 Å². The van der Waals surface area contributed by atoms with Crippen molar-refractivity contribution in [2.45, 2.75) is 39.0 Å². The van der Waals surface area contributed by atoms with Crippen LogP contribution in [0.3, 0.4) is 0 Å². The van der Waals surface area contributed by atoms with Crippen molar-refractivity contribution in [1.82, 2.24) is 5.32 Å². The van der Waals surface area contributed by atoms with Crippen LogP contribution in [0.2, 0.25) is 0 Å². The fourth-order valence-corrected chi connectivity index (χ4v) is 2.87. The summed E-state index contributed by atoms with van der Waals surface area (Å²) in [5.41, 5.74) is 0.183. The fraction of sp³-hybridized carbons (Fsp3) is 0.500. The number of phenolic OH excluding ortho intramolecular Hbond substituents is 1. The van der Waals surface area contributed by atoms with Gasteiger partial charge >= 0.3 is 5.97 Å². The summed E-state index contributed by atoms with van der Waals surface area (Å²) in [7, 11) is 0. The molecule has 1 fully saturated rings. The van der Waals surface area contributed by atoms with Crippen LogP contribution in [0.1, 0.15) is 48.0 Å². The number of carbonyl (C=O) groups excluding carboxylic acids is 1. The second-order valence-corrected chi connectivity index (χ2v) is 5.85. The number of rotatable bonds is 4. The van der Waals surface area contributed by atoms with E-state index >= 15 is 0 Å². The Morgan fingerprint density at radius 2 is 1.90 bits per heavy atom. The zero-order chi connectivity index (χ0) is 15.5. The number of aromatic hydroxyl groups is 1. The van der Waals surface area contributed by atoms with Crippen molar-refractivity contribution in [3.8, 4) is 5.75 Å². The van der Waals surface area contributed by atoms with Crippen LogP contribution in [0, 0.1) is 12.3 Å². The van der Waals surface area contributed by atoms with E-state index in [2.05, 4.69) is 5.32 Å². The number of hydrogen-bond donors (Lipinski definition) is 3. The second-order valence-electron chi connectivity index (χ2n) is 5.85. The van der Waals surface area contributed by atoms with Crippen molar-refractivity contribution in [1.29, 1.82) is 0 Å². The third kappa shape index (κ3) is 3.35. The fourth-order valence-electron chi connectivity index (χ4n) is 2.87. The number of phenols is 1. The molecule has 5 nitrogen and oxygen atoms in total. The number of carboxylic acid groups (broad SMARTS) is 1. The van der Waals surface area contributed by atoms with Gasteiger partial charge in [0.15, 0.2) is 0 Å². The lowest BCUT2D eigenvalue weighted by Gasteiger charge is -2.33. The summed E-state index contributed by atoms with van der Waals surface area (Å²) in [4.78, 5) is 23.7. The van der Waals surface area contributed by atoms with Gasteiger partial charge in [-0.15, -0.1) is 0 Å². The average Bonchev–Trinajstić information content (AvgIpc) is 2.48.